The zero-order chi connectivity index (χ0) is 22.6. The first-order chi connectivity index (χ1) is 14.6. The fraction of sp³-hybridized carbons (Fsp3) is 0.458. The minimum Gasteiger partial charge on any atom is -0.479 e. The molecule has 1 fully saturated rings. The van der Waals surface area contributed by atoms with Gasteiger partial charge in [-0.15, -0.1) is 0 Å². The van der Waals surface area contributed by atoms with E-state index in [2.05, 4.69) is 15.9 Å². The van der Waals surface area contributed by atoms with Crippen LogP contribution < -0.4 is 4.74 Å². The van der Waals surface area contributed by atoms with E-state index in [4.69, 9.17) is 21.1 Å². The predicted molar refractivity (Wildman–Crippen MR) is 122 cm³/mol. The van der Waals surface area contributed by atoms with Crippen LogP contribution in [0, 0.1) is 5.82 Å². The Hall–Kier alpha value is -1.79. The third-order valence-electron chi connectivity index (χ3n) is 6.12. The summed E-state index contributed by atoms with van der Waals surface area (Å²) in [6.07, 6.45) is 1.22. The molecular weight excluding hydrogens is 485 g/mol. The quantitative estimate of drug-likeness (QED) is 0.407. The van der Waals surface area contributed by atoms with Gasteiger partial charge in [-0.3, -0.25) is 0 Å². The van der Waals surface area contributed by atoms with Gasteiger partial charge in [0.15, 0.2) is 5.60 Å². The highest BCUT2D eigenvalue weighted by molar-refractivity contribution is 9.10. The molecule has 1 amide bonds. The average molecular weight is 511 g/mol. The highest BCUT2D eigenvalue weighted by Gasteiger charge is 2.58. The monoisotopic (exact) mass is 509 g/mol. The zero-order valence-corrected chi connectivity index (χ0v) is 20.4. The SMILES string of the molecule is C[C@H]1c2c(cc(F)c(Cl)c2Br)O[C@@]1(c1ccccc1)C1CCCN1C(=O)OC(C)(C)C. The smallest absolute Gasteiger partial charge is 0.410 e. The topological polar surface area (TPSA) is 38.8 Å². The number of benzene rings is 2. The number of nitrogens with zero attached hydrogens (tertiary/aromatic N) is 1. The van der Waals surface area contributed by atoms with Crippen molar-refractivity contribution in [3.8, 4) is 5.75 Å². The second-order valence-electron chi connectivity index (χ2n) is 9.21. The number of amides is 1. The van der Waals surface area contributed by atoms with Gasteiger partial charge >= 0.3 is 6.09 Å². The molecule has 1 unspecified atom stereocenters. The van der Waals surface area contributed by atoms with Crippen LogP contribution >= 0.6 is 27.5 Å². The normalized spacial score (nSPS) is 25.3. The minimum absolute atomic E-state index is 0.0356. The van der Waals surface area contributed by atoms with Gasteiger partial charge in [0.2, 0.25) is 0 Å². The fourth-order valence-corrected chi connectivity index (χ4v) is 5.75. The van der Waals surface area contributed by atoms with Gasteiger partial charge in [0.1, 0.15) is 17.2 Å². The summed E-state index contributed by atoms with van der Waals surface area (Å²) >= 11 is 9.70. The number of hydrogen-bond acceptors (Lipinski definition) is 3. The van der Waals surface area contributed by atoms with Gasteiger partial charge in [-0.1, -0.05) is 48.9 Å². The Labute approximate surface area is 195 Å². The zero-order valence-electron chi connectivity index (χ0n) is 18.0. The second kappa shape index (κ2) is 7.96. The first-order valence-corrected chi connectivity index (χ1v) is 11.6. The van der Waals surface area contributed by atoms with E-state index in [9.17, 15) is 9.18 Å². The summed E-state index contributed by atoms with van der Waals surface area (Å²) in [5.41, 5.74) is 0.250. The van der Waals surface area contributed by atoms with Crippen molar-refractivity contribution in [2.45, 2.75) is 63.7 Å². The van der Waals surface area contributed by atoms with Crippen LogP contribution in [0.4, 0.5) is 9.18 Å². The molecule has 0 saturated carbocycles. The molecule has 1 saturated heterocycles. The number of likely N-dealkylation sites (tertiary alicyclic amines) is 1. The Bertz CT molecular complexity index is 1010. The summed E-state index contributed by atoms with van der Waals surface area (Å²) in [5.74, 6) is -0.287. The lowest BCUT2D eigenvalue weighted by Gasteiger charge is -2.43. The summed E-state index contributed by atoms with van der Waals surface area (Å²) < 4.78 is 27.3. The summed E-state index contributed by atoms with van der Waals surface area (Å²) in [6, 6.07) is 10.9. The maximum atomic E-state index is 14.5. The van der Waals surface area contributed by atoms with Crippen LogP contribution in [0.15, 0.2) is 40.9 Å². The highest BCUT2D eigenvalue weighted by atomic mass is 79.9. The maximum Gasteiger partial charge on any atom is 0.410 e. The first-order valence-electron chi connectivity index (χ1n) is 10.5. The molecule has 2 aromatic carbocycles. The Morgan fingerprint density at radius 2 is 2.00 bits per heavy atom. The van der Waals surface area contributed by atoms with Gasteiger partial charge < -0.3 is 14.4 Å². The summed E-state index contributed by atoms with van der Waals surface area (Å²) in [6.45, 7) is 8.19. The largest absolute Gasteiger partial charge is 0.479 e. The lowest BCUT2D eigenvalue weighted by atomic mass is 9.74. The van der Waals surface area contributed by atoms with Crippen LogP contribution in [-0.4, -0.2) is 29.2 Å². The molecule has 3 atom stereocenters. The second-order valence-corrected chi connectivity index (χ2v) is 10.4. The van der Waals surface area contributed by atoms with Crippen molar-refractivity contribution in [2.75, 3.05) is 6.54 Å². The van der Waals surface area contributed by atoms with Crippen molar-refractivity contribution in [1.29, 1.82) is 0 Å². The molecule has 2 heterocycles. The van der Waals surface area contributed by atoms with E-state index in [-0.39, 0.29) is 23.1 Å². The van der Waals surface area contributed by atoms with Gasteiger partial charge in [0.25, 0.3) is 0 Å². The summed E-state index contributed by atoms with van der Waals surface area (Å²) in [7, 11) is 0. The Morgan fingerprint density at radius 1 is 1.32 bits per heavy atom. The van der Waals surface area contributed by atoms with Crippen molar-refractivity contribution >= 4 is 33.6 Å². The van der Waals surface area contributed by atoms with Crippen LogP contribution in [0.3, 0.4) is 0 Å². The van der Waals surface area contributed by atoms with Crippen molar-refractivity contribution in [2.24, 2.45) is 0 Å². The van der Waals surface area contributed by atoms with E-state index in [1.165, 1.54) is 6.07 Å². The van der Waals surface area contributed by atoms with E-state index in [0.29, 0.717) is 16.8 Å². The Kier molecular flexibility index (Phi) is 5.76. The molecule has 31 heavy (non-hydrogen) atoms. The number of carbonyl (C=O) groups is 1. The molecule has 0 aliphatic carbocycles. The van der Waals surface area contributed by atoms with E-state index >= 15 is 0 Å². The molecule has 4 nitrogen and oxygen atoms in total. The molecule has 0 radical (unpaired) electrons. The first kappa shape index (κ1) is 22.4. The van der Waals surface area contributed by atoms with E-state index in [1.807, 2.05) is 58.0 Å². The molecule has 0 N–H and O–H groups in total. The van der Waals surface area contributed by atoms with Crippen LogP contribution in [0.25, 0.3) is 0 Å². The van der Waals surface area contributed by atoms with Crippen molar-refractivity contribution in [3.05, 3.63) is 62.8 Å². The van der Waals surface area contributed by atoms with Crippen LogP contribution in [0.1, 0.15) is 57.6 Å². The van der Waals surface area contributed by atoms with Gasteiger partial charge in [-0.05, 0) is 55.1 Å². The molecule has 0 aromatic heterocycles. The van der Waals surface area contributed by atoms with Crippen molar-refractivity contribution in [1.82, 2.24) is 4.90 Å². The number of halogens is 3. The lowest BCUT2D eigenvalue weighted by molar-refractivity contribution is -0.0310. The highest BCUT2D eigenvalue weighted by Crippen LogP contribution is 2.58. The number of ether oxygens (including phenoxy) is 2. The number of carbonyl (C=O) groups excluding carboxylic acids is 1. The number of fused-ring (bicyclic) bond motifs is 1. The Balaban J connectivity index is 1.85. The molecule has 2 aromatic rings. The number of hydrogen-bond donors (Lipinski definition) is 0. The molecule has 4 rings (SSSR count). The standard InChI is InChI=1S/C24H26BrClFNO3/c1-14-19-17(13-16(27)21(26)20(19)25)30-24(14,15-9-6-5-7-10-15)18-11-8-12-28(18)22(29)31-23(2,3)4/h5-7,9-10,13-14,18H,8,11-12H2,1-4H3/t14-,18?,24-/m0/s1. The molecular formula is C24H26BrClFNO3. The maximum absolute atomic E-state index is 14.5. The van der Waals surface area contributed by atoms with Crippen LogP contribution in [0.2, 0.25) is 5.02 Å². The summed E-state index contributed by atoms with van der Waals surface area (Å²) in [4.78, 5) is 14.9. The molecule has 2 aliphatic rings. The third kappa shape index (κ3) is 3.72. The number of rotatable bonds is 2. The van der Waals surface area contributed by atoms with Crippen molar-refractivity contribution < 1.29 is 18.7 Å². The van der Waals surface area contributed by atoms with Gasteiger partial charge in [0, 0.05) is 28.6 Å². The minimum atomic E-state index is -0.892. The van der Waals surface area contributed by atoms with Gasteiger partial charge in [0.05, 0.1) is 11.1 Å². The molecule has 166 valence electrons. The summed E-state index contributed by atoms with van der Waals surface area (Å²) in [5, 5.41) is 0.0356. The van der Waals surface area contributed by atoms with Gasteiger partial charge in [-0.2, -0.15) is 0 Å². The predicted octanol–water partition coefficient (Wildman–Crippen LogP) is 7.03. The van der Waals surface area contributed by atoms with Crippen LogP contribution in [-0.2, 0) is 10.3 Å². The average Bonchev–Trinajstić information content (AvgIpc) is 3.29. The molecule has 0 bridgehead atoms. The third-order valence-corrected chi connectivity index (χ3v) is 7.54. The van der Waals surface area contributed by atoms with E-state index in [1.54, 1.807) is 4.90 Å². The lowest BCUT2D eigenvalue weighted by Crippen LogP contribution is -2.54. The molecule has 7 heteroatoms. The van der Waals surface area contributed by atoms with Crippen molar-refractivity contribution in [3.63, 3.8) is 0 Å². The Morgan fingerprint density at radius 3 is 2.65 bits per heavy atom. The van der Waals surface area contributed by atoms with Crippen LogP contribution in [0.5, 0.6) is 5.75 Å². The van der Waals surface area contributed by atoms with Gasteiger partial charge in [-0.25, -0.2) is 9.18 Å². The molecule has 0 spiro atoms. The fourth-order valence-electron chi connectivity index (χ4n) is 4.87. The van der Waals surface area contributed by atoms with E-state index < -0.39 is 17.0 Å². The molecule has 2 aliphatic heterocycles. The van der Waals surface area contributed by atoms with E-state index in [0.717, 1.165) is 24.0 Å².